The first-order valence-electron chi connectivity index (χ1n) is 4.86. The molecule has 0 rings (SSSR count). The number of esters is 1. The van der Waals surface area contributed by atoms with Crippen molar-refractivity contribution in [3.63, 3.8) is 0 Å². The summed E-state index contributed by atoms with van der Waals surface area (Å²) < 4.78 is 35.2. The number of rotatable bonds is 7. The van der Waals surface area contributed by atoms with Crippen LogP contribution < -0.4 is 0 Å². The van der Waals surface area contributed by atoms with Crippen molar-refractivity contribution in [3.05, 3.63) is 24.8 Å². The summed E-state index contributed by atoms with van der Waals surface area (Å²) in [6.45, 7) is 5.00. The molecule has 0 bridgehead atoms. The van der Waals surface area contributed by atoms with E-state index in [0.717, 1.165) is 0 Å². The van der Waals surface area contributed by atoms with Gasteiger partial charge >= 0.3 is 11.9 Å². The highest BCUT2D eigenvalue weighted by Crippen LogP contribution is 2.10. The molecule has 2 unspecified atom stereocenters. The molecule has 0 aromatic carbocycles. The largest absolute Gasteiger partial charge is 0.481 e. The maximum atomic E-state index is 11.5. The zero-order chi connectivity index (χ0) is 14.3. The quantitative estimate of drug-likeness (QED) is 0.393. The summed E-state index contributed by atoms with van der Waals surface area (Å²) in [7, 11) is -4.84. The average molecular weight is 278 g/mol. The number of allylic oxidation sites excluding steroid dienone is 1. The van der Waals surface area contributed by atoms with Crippen LogP contribution in [0.4, 0.5) is 0 Å². The Morgan fingerprint density at radius 1 is 1.44 bits per heavy atom. The number of hydrogen-bond donors (Lipinski definition) is 2. The van der Waals surface area contributed by atoms with Gasteiger partial charge in [0.1, 0.15) is 6.10 Å². The van der Waals surface area contributed by atoms with Gasteiger partial charge < -0.3 is 9.84 Å². The minimum absolute atomic E-state index is 0.888. The molecule has 102 valence electrons. The molecule has 0 amide bonds. The Labute approximate surface area is 105 Å². The second-order valence-electron chi connectivity index (χ2n) is 3.26. The third-order valence-electron chi connectivity index (χ3n) is 1.85. The van der Waals surface area contributed by atoms with Crippen molar-refractivity contribution in [3.8, 4) is 0 Å². The molecule has 2 atom stereocenters. The first-order valence-corrected chi connectivity index (χ1v) is 6.36. The number of carbonyl (C=O) groups excluding carboxylic acids is 1. The van der Waals surface area contributed by atoms with Crippen LogP contribution in [0.15, 0.2) is 24.8 Å². The van der Waals surface area contributed by atoms with E-state index in [1.807, 2.05) is 0 Å². The Morgan fingerprint density at radius 3 is 2.33 bits per heavy atom. The van der Waals surface area contributed by atoms with Crippen molar-refractivity contribution in [2.75, 3.05) is 0 Å². The van der Waals surface area contributed by atoms with Gasteiger partial charge in [-0.15, -0.1) is 0 Å². The molecule has 18 heavy (non-hydrogen) atoms. The topological polar surface area (TPSA) is 118 Å². The molecule has 0 aromatic rings. The lowest BCUT2D eigenvalue weighted by Gasteiger charge is -2.14. The first-order chi connectivity index (χ1) is 8.22. The number of carboxylic acids is 1. The fourth-order valence-electron chi connectivity index (χ4n) is 1.03. The third-order valence-corrected chi connectivity index (χ3v) is 2.93. The average Bonchev–Trinajstić information content (AvgIpc) is 2.23. The Bertz CT molecular complexity index is 449. The zero-order valence-electron chi connectivity index (χ0n) is 9.64. The van der Waals surface area contributed by atoms with Crippen molar-refractivity contribution < 1.29 is 32.4 Å². The Kier molecular flexibility index (Phi) is 6.28. The van der Waals surface area contributed by atoms with Gasteiger partial charge in [-0.3, -0.25) is 14.1 Å². The molecular formula is C10H14O7S. The van der Waals surface area contributed by atoms with Crippen LogP contribution in [0.5, 0.6) is 0 Å². The van der Waals surface area contributed by atoms with Crippen LogP contribution in [0.3, 0.4) is 0 Å². The van der Waals surface area contributed by atoms with Gasteiger partial charge in [0.25, 0.3) is 10.1 Å². The summed E-state index contributed by atoms with van der Waals surface area (Å²) in [6, 6.07) is 0. The van der Waals surface area contributed by atoms with Crippen LogP contribution in [0.25, 0.3) is 0 Å². The van der Waals surface area contributed by atoms with Gasteiger partial charge in [0.05, 0.1) is 6.42 Å². The molecule has 2 N–H and O–H groups in total. The standard InChI is InChI=1S/C10H14O7S/c1-3-5-7(4-2)17-10(13)8(6-9(11)12)18(14,15)16/h3-5,7-8H,2,6H2,1H3,(H,11,12)(H,14,15,16). The van der Waals surface area contributed by atoms with Gasteiger partial charge in [-0.1, -0.05) is 12.7 Å². The predicted molar refractivity (Wildman–Crippen MR) is 62.5 cm³/mol. The van der Waals surface area contributed by atoms with Crippen LogP contribution in [0.1, 0.15) is 13.3 Å². The van der Waals surface area contributed by atoms with Crippen molar-refractivity contribution in [1.82, 2.24) is 0 Å². The van der Waals surface area contributed by atoms with Crippen LogP contribution in [-0.2, 0) is 24.4 Å². The summed E-state index contributed by atoms with van der Waals surface area (Å²) in [5.41, 5.74) is 0. The van der Waals surface area contributed by atoms with E-state index in [1.165, 1.54) is 12.2 Å². The molecule has 0 aliphatic rings. The van der Waals surface area contributed by atoms with Crippen LogP contribution in [0, 0.1) is 0 Å². The fourth-order valence-corrected chi connectivity index (χ4v) is 1.69. The van der Waals surface area contributed by atoms with Gasteiger partial charge in [0, 0.05) is 0 Å². The number of carbonyl (C=O) groups is 2. The maximum Gasteiger partial charge on any atom is 0.328 e. The van der Waals surface area contributed by atoms with Crippen LogP contribution in [-0.4, -0.2) is 41.4 Å². The molecule has 0 fully saturated rings. The first kappa shape index (κ1) is 16.3. The van der Waals surface area contributed by atoms with E-state index >= 15 is 0 Å². The number of aliphatic carboxylic acids is 1. The molecule has 0 spiro atoms. The summed E-state index contributed by atoms with van der Waals surface area (Å²) in [5.74, 6) is -2.89. The Morgan fingerprint density at radius 2 is 2.00 bits per heavy atom. The van der Waals surface area contributed by atoms with Gasteiger partial charge in [0.15, 0.2) is 5.25 Å². The molecule has 8 heteroatoms. The summed E-state index contributed by atoms with van der Waals surface area (Å²) in [4.78, 5) is 21.9. The number of carboxylic acid groups (broad SMARTS) is 1. The van der Waals surface area contributed by atoms with Crippen LogP contribution >= 0.6 is 0 Å². The second kappa shape index (κ2) is 6.92. The predicted octanol–water partition coefficient (Wildman–Crippen LogP) is 0.391. The summed E-state index contributed by atoms with van der Waals surface area (Å²) in [5, 5.41) is 6.32. The molecule has 0 heterocycles. The second-order valence-corrected chi connectivity index (χ2v) is 4.86. The van der Waals surface area contributed by atoms with E-state index in [2.05, 4.69) is 11.3 Å². The Balaban J connectivity index is 4.98. The highest BCUT2D eigenvalue weighted by Gasteiger charge is 2.35. The van der Waals surface area contributed by atoms with E-state index in [0.29, 0.717) is 0 Å². The van der Waals surface area contributed by atoms with Gasteiger partial charge in [-0.25, -0.2) is 0 Å². The zero-order valence-corrected chi connectivity index (χ0v) is 10.5. The number of hydrogen-bond acceptors (Lipinski definition) is 5. The minimum atomic E-state index is -4.84. The van der Waals surface area contributed by atoms with Crippen molar-refractivity contribution in [2.45, 2.75) is 24.7 Å². The molecule has 0 aliphatic carbocycles. The lowest BCUT2D eigenvalue weighted by molar-refractivity contribution is -0.148. The summed E-state index contributed by atoms with van der Waals surface area (Å²) >= 11 is 0. The molecule has 7 nitrogen and oxygen atoms in total. The highest BCUT2D eigenvalue weighted by atomic mass is 32.2. The minimum Gasteiger partial charge on any atom is -0.481 e. The molecule has 0 aromatic heterocycles. The normalized spacial score (nSPS) is 15.0. The molecule has 0 saturated carbocycles. The third kappa shape index (κ3) is 5.60. The Hall–Kier alpha value is -1.67. The van der Waals surface area contributed by atoms with E-state index in [1.54, 1.807) is 13.0 Å². The lowest BCUT2D eigenvalue weighted by atomic mass is 10.3. The van der Waals surface area contributed by atoms with Crippen molar-refractivity contribution in [2.24, 2.45) is 0 Å². The van der Waals surface area contributed by atoms with Gasteiger partial charge in [-0.05, 0) is 19.1 Å². The fraction of sp³-hybridized carbons (Fsp3) is 0.400. The van der Waals surface area contributed by atoms with Gasteiger partial charge in [-0.2, -0.15) is 8.42 Å². The molecule has 0 radical (unpaired) electrons. The van der Waals surface area contributed by atoms with E-state index in [-0.39, 0.29) is 0 Å². The maximum absolute atomic E-state index is 11.5. The molecule has 0 saturated heterocycles. The molecular weight excluding hydrogens is 264 g/mol. The lowest BCUT2D eigenvalue weighted by Crippen LogP contribution is -2.35. The molecule has 0 aliphatic heterocycles. The van der Waals surface area contributed by atoms with Crippen molar-refractivity contribution >= 4 is 22.1 Å². The van der Waals surface area contributed by atoms with Crippen molar-refractivity contribution in [1.29, 1.82) is 0 Å². The van der Waals surface area contributed by atoms with Gasteiger partial charge in [0.2, 0.25) is 0 Å². The van der Waals surface area contributed by atoms with E-state index in [9.17, 15) is 18.0 Å². The number of ether oxygens (including phenoxy) is 1. The SMILES string of the molecule is C=CC(C=CC)OC(=O)C(CC(=O)O)S(=O)(=O)O. The van der Waals surface area contributed by atoms with E-state index < -0.39 is 39.8 Å². The van der Waals surface area contributed by atoms with E-state index in [4.69, 9.17) is 9.66 Å². The monoisotopic (exact) mass is 278 g/mol. The smallest absolute Gasteiger partial charge is 0.328 e. The highest BCUT2D eigenvalue weighted by molar-refractivity contribution is 7.87. The summed E-state index contributed by atoms with van der Waals surface area (Å²) in [6.07, 6.45) is 2.21. The van der Waals surface area contributed by atoms with Crippen LogP contribution in [0.2, 0.25) is 0 Å².